The first-order chi connectivity index (χ1) is 8.15. The lowest BCUT2D eigenvalue weighted by Crippen LogP contribution is -2.37. The van der Waals surface area contributed by atoms with Crippen molar-refractivity contribution in [3.8, 4) is 0 Å². The highest BCUT2D eigenvalue weighted by Gasteiger charge is 2.20. The Morgan fingerprint density at radius 2 is 2.00 bits per heavy atom. The second kappa shape index (κ2) is 5.45. The fourth-order valence-corrected chi connectivity index (χ4v) is 2.19. The average Bonchev–Trinajstić information content (AvgIpc) is 2.33. The van der Waals surface area contributed by atoms with Gasteiger partial charge in [0.05, 0.1) is 12.4 Å². The van der Waals surface area contributed by atoms with E-state index in [2.05, 4.69) is 22.2 Å². The Bertz CT molecular complexity index is 385. The summed E-state index contributed by atoms with van der Waals surface area (Å²) in [7, 11) is 0. The highest BCUT2D eigenvalue weighted by atomic mass is 35.5. The van der Waals surface area contributed by atoms with Gasteiger partial charge in [0.1, 0.15) is 10.8 Å². The van der Waals surface area contributed by atoms with Crippen LogP contribution in [0.4, 0.5) is 0 Å². The molecule has 0 radical (unpaired) electrons. The van der Waals surface area contributed by atoms with Crippen LogP contribution >= 0.6 is 11.6 Å². The van der Waals surface area contributed by atoms with Gasteiger partial charge in [-0.05, 0) is 31.6 Å². The van der Waals surface area contributed by atoms with Gasteiger partial charge in [0.25, 0.3) is 5.91 Å². The van der Waals surface area contributed by atoms with Crippen molar-refractivity contribution in [2.45, 2.75) is 38.6 Å². The number of amides is 1. The van der Waals surface area contributed by atoms with Gasteiger partial charge in [-0.25, -0.2) is 9.97 Å². The number of carbonyl (C=O) groups excluding carboxylic acids is 1. The Morgan fingerprint density at radius 1 is 1.29 bits per heavy atom. The first-order valence-electron chi connectivity index (χ1n) is 5.93. The van der Waals surface area contributed by atoms with Gasteiger partial charge in [-0.1, -0.05) is 18.5 Å². The van der Waals surface area contributed by atoms with Gasteiger partial charge < -0.3 is 5.32 Å². The summed E-state index contributed by atoms with van der Waals surface area (Å²) in [6, 6.07) is 0.274. The molecule has 1 N–H and O–H groups in total. The van der Waals surface area contributed by atoms with Crippen molar-refractivity contribution in [2.24, 2.45) is 5.92 Å². The Kier molecular flexibility index (Phi) is 3.94. The second-order valence-corrected chi connectivity index (χ2v) is 5.04. The summed E-state index contributed by atoms with van der Waals surface area (Å²) in [6.45, 7) is 2.25. The maximum atomic E-state index is 11.8. The molecule has 17 heavy (non-hydrogen) atoms. The first kappa shape index (κ1) is 12.3. The molecule has 2 rings (SSSR count). The molecule has 1 saturated carbocycles. The monoisotopic (exact) mass is 253 g/mol. The molecule has 0 unspecified atom stereocenters. The van der Waals surface area contributed by atoms with E-state index < -0.39 is 0 Å². The van der Waals surface area contributed by atoms with Crippen LogP contribution in [-0.4, -0.2) is 21.9 Å². The molecular formula is C12H16ClN3O. The van der Waals surface area contributed by atoms with Crippen molar-refractivity contribution in [3.63, 3.8) is 0 Å². The van der Waals surface area contributed by atoms with E-state index in [1.807, 2.05) is 0 Å². The molecule has 92 valence electrons. The quantitative estimate of drug-likeness (QED) is 0.881. The van der Waals surface area contributed by atoms with Gasteiger partial charge in [-0.15, -0.1) is 0 Å². The predicted molar refractivity (Wildman–Crippen MR) is 65.9 cm³/mol. The smallest absolute Gasteiger partial charge is 0.271 e. The Hall–Kier alpha value is -1.16. The SMILES string of the molecule is CC1CCC(NC(=O)c2cnc(Cl)cn2)CC1. The van der Waals surface area contributed by atoms with E-state index in [0.29, 0.717) is 10.8 Å². The van der Waals surface area contributed by atoms with Gasteiger partial charge >= 0.3 is 0 Å². The topological polar surface area (TPSA) is 54.9 Å². The summed E-state index contributed by atoms with van der Waals surface area (Å²) >= 11 is 5.62. The number of rotatable bonds is 2. The number of hydrogen-bond acceptors (Lipinski definition) is 3. The zero-order chi connectivity index (χ0) is 12.3. The lowest BCUT2D eigenvalue weighted by molar-refractivity contribution is 0.0917. The van der Waals surface area contributed by atoms with Crippen LogP contribution in [0.5, 0.6) is 0 Å². The molecule has 0 atom stereocenters. The molecule has 4 nitrogen and oxygen atoms in total. The van der Waals surface area contributed by atoms with Gasteiger partial charge in [0, 0.05) is 6.04 Å². The lowest BCUT2D eigenvalue weighted by Gasteiger charge is -2.26. The van der Waals surface area contributed by atoms with Crippen LogP contribution in [0.25, 0.3) is 0 Å². The molecule has 1 fully saturated rings. The van der Waals surface area contributed by atoms with Crippen molar-refractivity contribution >= 4 is 17.5 Å². The minimum absolute atomic E-state index is 0.159. The normalized spacial score (nSPS) is 24.4. The minimum atomic E-state index is -0.159. The van der Waals surface area contributed by atoms with E-state index in [-0.39, 0.29) is 11.9 Å². The maximum Gasteiger partial charge on any atom is 0.271 e. The standard InChI is InChI=1S/C12H16ClN3O/c1-8-2-4-9(5-3-8)16-12(17)10-6-15-11(13)7-14-10/h6-9H,2-5H2,1H3,(H,16,17). The average molecular weight is 254 g/mol. The molecule has 0 saturated heterocycles. The second-order valence-electron chi connectivity index (χ2n) is 4.65. The molecule has 1 amide bonds. The van der Waals surface area contributed by atoms with E-state index in [1.54, 1.807) is 0 Å². The largest absolute Gasteiger partial charge is 0.348 e. The predicted octanol–water partition coefficient (Wildman–Crippen LogP) is 2.44. The van der Waals surface area contributed by atoms with Crippen LogP contribution < -0.4 is 5.32 Å². The number of aromatic nitrogens is 2. The third kappa shape index (κ3) is 3.40. The van der Waals surface area contributed by atoms with Gasteiger partial charge in [-0.2, -0.15) is 0 Å². The van der Waals surface area contributed by atoms with Crippen LogP contribution in [0.15, 0.2) is 12.4 Å². The van der Waals surface area contributed by atoms with Crippen LogP contribution in [0.3, 0.4) is 0 Å². The summed E-state index contributed by atoms with van der Waals surface area (Å²) in [4.78, 5) is 19.6. The molecule has 0 aliphatic heterocycles. The molecule has 0 bridgehead atoms. The van der Waals surface area contributed by atoms with E-state index in [1.165, 1.54) is 25.2 Å². The summed E-state index contributed by atoms with van der Waals surface area (Å²) in [5.41, 5.74) is 0.327. The summed E-state index contributed by atoms with van der Waals surface area (Å²) in [5.74, 6) is 0.618. The molecule has 1 heterocycles. The van der Waals surface area contributed by atoms with Gasteiger partial charge in [-0.3, -0.25) is 4.79 Å². The third-order valence-corrected chi connectivity index (χ3v) is 3.40. The maximum absolute atomic E-state index is 11.8. The Balaban J connectivity index is 1.91. The number of carbonyl (C=O) groups is 1. The lowest BCUT2D eigenvalue weighted by atomic mass is 9.87. The fraction of sp³-hybridized carbons (Fsp3) is 0.583. The summed E-state index contributed by atoms with van der Waals surface area (Å²) in [5, 5.41) is 3.29. The minimum Gasteiger partial charge on any atom is -0.348 e. The summed E-state index contributed by atoms with van der Waals surface area (Å²) < 4.78 is 0. The zero-order valence-electron chi connectivity index (χ0n) is 9.82. The van der Waals surface area contributed by atoms with Crippen molar-refractivity contribution in [2.75, 3.05) is 0 Å². The first-order valence-corrected chi connectivity index (χ1v) is 6.31. The van der Waals surface area contributed by atoms with Crippen LogP contribution in [0.1, 0.15) is 43.1 Å². The highest BCUT2D eigenvalue weighted by Crippen LogP contribution is 2.23. The Morgan fingerprint density at radius 3 is 2.59 bits per heavy atom. The number of halogens is 1. The van der Waals surface area contributed by atoms with Crippen LogP contribution in [-0.2, 0) is 0 Å². The zero-order valence-corrected chi connectivity index (χ0v) is 10.6. The molecule has 0 spiro atoms. The molecular weight excluding hydrogens is 238 g/mol. The molecule has 1 aliphatic carbocycles. The van der Waals surface area contributed by atoms with E-state index in [9.17, 15) is 4.79 Å². The fourth-order valence-electron chi connectivity index (χ4n) is 2.09. The number of hydrogen-bond donors (Lipinski definition) is 1. The molecule has 5 heteroatoms. The van der Waals surface area contributed by atoms with Crippen molar-refractivity contribution in [1.29, 1.82) is 0 Å². The third-order valence-electron chi connectivity index (χ3n) is 3.20. The van der Waals surface area contributed by atoms with Crippen LogP contribution in [0.2, 0.25) is 5.15 Å². The van der Waals surface area contributed by atoms with Crippen molar-refractivity contribution in [3.05, 3.63) is 23.2 Å². The van der Waals surface area contributed by atoms with E-state index >= 15 is 0 Å². The molecule has 1 aromatic rings. The van der Waals surface area contributed by atoms with Gasteiger partial charge in [0.15, 0.2) is 0 Å². The van der Waals surface area contributed by atoms with E-state index in [4.69, 9.17) is 11.6 Å². The molecule has 1 aliphatic rings. The van der Waals surface area contributed by atoms with Crippen molar-refractivity contribution in [1.82, 2.24) is 15.3 Å². The van der Waals surface area contributed by atoms with Crippen molar-refractivity contribution < 1.29 is 4.79 Å². The summed E-state index contributed by atoms with van der Waals surface area (Å²) in [6.07, 6.45) is 7.25. The van der Waals surface area contributed by atoms with Gasteiger partial charge in [0.2, 0.25) is 0 Å². The Labute approximate surface area is 106 Å². The highest BCUT2D eigenvalue weighted by molar-refractivity contribution is 6.29. The number of nitrogens with zero attached hydrogens (tertiary/aromatic N) is 2. The van der Waals surface area contributed by atoms with E-state index in [0.717, 1.165) is 18.8 Å². The molecule has 0 aromatic carbocycles. The molecule has 1 aromatic heterocycles. The van der Waals surface area contributed by atoms with Crippen LogP contribution in [0, 0.1) is 5.92 Å². The number of nitrogens with one attached hydrogen (secondary N) is 1.